The highest BCUT2D eigenvalue weighted by Crippen LogP contribution is 2.20. The first-order valence-electron chi connectivity index (χ1n) is 4.93. The van der Waals surface area contributed by atoms with Gasteiger partial charge in [0.05, 0.1) is 12.9 Å². The molecule has 0 saturated heterocycles. The maximum absolute atomic E-state index is 5.40. The molecule has 0 aliphatic rings. The largest absolute Gasteiger partial charge is 0.476 e. The standard InChI is InChI=1S/C9H13N5O/c1-3-10-9-13-7-6(11-5-12-7)8(14-9)15-4-2/h5H,3-4H2,1-2H3,(H2,10,11,12,13,14). The molecule has 6 heteroatoms. The van der Waals surface area contributed by atoms with Gasteiger partial charge in [-0.05, 0) is 13.8 Å². The molecule has 0 aromatic carbocycles. The monoisotopic (exact) mass is 207 g/mol. The summed E-state index contributed by atoms with van der Waals surface area (Å²) in [5, 5.41) is 3.03. The normalized spacial score (nSPS) is 10.5. The van der Waals surface area contributed by atoms with E-state index in [1.807, 2.05) is 13.8 Å². The highest BCUT2D eigenvalue weighted by molar-refractivity contribution is 5.76. The number of nitrogens with zero attached hydrogens (tertiary/aromatic N) is 3. The van der Waals surface area contributed by atoms with Crippen LogP contribution in [0.25, 0.3) is 11.2 Å². The third kappa shape index (κ3) is 1.83. The number of aromatic nitrogens is 4. The molecule has 2 aromatic heterocycles. The van der Waals surface area contributed by atoms with Gasteiger partial charge in [0, 0.05) is 6.54 Å². The summed E-state index contributed by atoms with van der Waals surface area (Å²) >= 11 is 0. The van der Waals surface area contributed by atoms with Crippen molar-refractivity contribution < 1.29 is 4.74 Å². The Morgan fingerprint density at radius 3 is 3.00 bits per heavy atom. The van der Waals surface area contributed by atoms with Crippen LogP contribution < -0.4 is 10.1 Å². The van der Waals surface area contributed by atoms with Crippen molar-refractivity contribution in [1.82, 2.24) is 19.9 Å². The number of hydrogen-bond acceptors (Lipinski definition) is 5. The van der Waals surface area contributed by atoms with E-state index < -0.39 is 0 Å². The fourth-order valence-electron chi connectivity index (χ4n) is 1.28. The number of aromatic amines is 1. The maximum atomic E-state index is 5.40. The van der Waals surface area contributed by atoms with Gasteiger partial charge in [-0.2, -0.15) is 9.97 Å². The van der Waals surface area contributed by atoms with Crippen molar-refractivity contribution in [3.05, 3.63) is 6.33 Å². The van der Waals surface area contributed by atoms with Crippen LogP contribution in [0, 0.1) is 0 Å². The predicted octanol–water partition coefficient (Wildman–Crippen LogP) is 1.18. The second-order valence-corrected chi connectivity index (χ2v) is 2.92. The van der Waals surface area contributed by atoms with Crippen molar-refractivity contribution in [3.8, 4) is 5.88 Å². The van der Waals surface area contributed by atoms with Crippen molar-refractivity contribution in [2.24, 2.45) is 0 Å². The summed E-state index contributed by atoms with van der Waals surface area (Å²) in [6.45, 7) is 5.23. The molecule has 80 valence electrons. The molecule has 0 fully saturated rings. The Kier molecular flexibility index (Phi) is 2.66. The Labute approximate surface area is 87.1 Å². The van der Waals surface area contributed by atoms with Crippen LogP contribution in [0.3, 0.4) is 0 Å². The summed E-state index contributed by atoms with van der Waals surface area (Å²) in [4.78, 5) is 15.5. The molecule has 0 spiro atoms. The van der Waals surface area contributed by atoms with Gasteiger partial charge in [0.15, 0.2) is 5.65 Å². The van der Waals surface area contributed by atoms with Gasteiger partial charge < -0.3 is 15.0 Å². The maximum Gasteiger partial charge on any atom is 0.245 e. The van der Waals surface area contributed by atoms with Crippen molar-refractivity contribution in [2.45, 2.75) is 13.8 Å². The number of fused-ring (bicyclic) bond motifs is 1. The van der Waals surface area contributed by atoms with E-state index >= 15 is 0 Å². The van der Waals surface area contributed by atoms with Gasteiger partial charge in [-0.25, -0.2) is 4.98 Å². The Morgan fingerprint density at radius 1 is 1.40 bits per heavy atom. The molecule has 0 atom stereocenters. The highest BCUT2D eigenvalue weighted by Gasteiger charge is 2.09. The molecule has 6 nitrogen and oxygen atoms in total. The second-order valence-electron chi connectivity index (χ2n) is 2.92. The third-order valence-electron chi connectivity index (χ3n) is 1.87. The molecule has 2 rings (SSSR count). The van der Waals surface area contributed by atoms with E-state index in [0.29, 0.717) is 24.1 Å². The molecule has 2 aromatic rings. The number of ether oxygens (including phenoxy) is 1. The number of anilines is 1. The zero-order chi connectivity index (χ0) is 10.7. The molecular formula is C9H13N5O. The quantitative estimate of drug-likeness (QED) is 0.787. The summed E-state index contributed by atoms with van der Waals surface area (Å²) in [5.41, 5.74) is 1.35. The topological polar surface area (TPSA) is 75.7 Å². The number of H-pyrrole nitrogens is 1. The number of hydrogen-bond donors (Lipinski definition) is 2. The molecule has 0 saturated carbocycles. The van der Waals surface area contributed by atoms with Gasteiger partial charge in [0.2, 0.25) is 11.8 Å². The zero-order valence-electron chi connectivity index (χ0n) is 8.74. The summed E-state index contributed by atoms with van der Waals surface area (Å²) in [6.07, 6.45) is 1.58. The number of imidazole rings is 1. The Bertz CT molecular complexity index is 453. The summed E-state index contributed by atoms with van der Waals surface area (Å²) < 4.78 is 5.40. The molecule has 2 N–H and O–H groups in total. The average Bonchev–Trinajstić information content (AvgIpc) is 2.67. The molecule has 0 bridgehead atoms. The van der Waals surface area contributed by atoms with Crippen LogP contribution in [0.4, 0.5) is 5.95 Å². The van der Waals surface area contributed by atoms with Crippen LogP contribution in [0.2, 0.25) is 0 Å². The van der Waals surface area contributed by atoms with Crippen molar-refractivity contribution in [1.29, 1.82) is 0 Å². The van der Waals surface area contributed by atoms with Crippen molar-refractivity contribution in [3.63, 3.8) is 0 Å². The van der Waals surface area contributed by atoms with Gasteiger partial charge in [-0.1, -0.05) is 0 Å². The third-order valence-corrected chi connectivity index (χ3v) is 1.87. The minimum Gasteiger partial charge on any atom is -0.476 e. The van der Waals surface area contributed by atoms with E-state index in [1.165, 1.54) is 0 Å². The van der Waals surface area contributed by atoms with Crippen molar-refractivity contribution >= 4 is 17.1 Å². The fraction of sp³-hybridized carbons (Fsp3) is 0.444. The van der Waals surface area contributed by atoms with Crippen molar-refractivity contribution in [2.75, 3.05) is 18.5 Å². The van der Waals surface area contributed by atoms with Gasteiger partial charge in [0.25, 0.3) is 0 Å². The predicted molar refractivity (Wildman–Crippen MR) is 57.0 cm³/mol. The van der Waals surface area contributed by atoms with Crippen LogP contribution in [0.5, 0.6) is 5.88 Å². The summed E-state index contributed by atoms with van der Waals surface area (Å²) in [6, 6.07) is 0. The van der Waals surface area contributed by atoms with Crippen LogP contribution in [0.15, 0.2) is 6.33 Å². The number of rotatable bonds is 4. The van der Waals surface area contributed by atoms with E-state index in [-0.39, 0.29) is 0 Å². The van der Waals surface area contributed by atoms with Gasteiger partial charge >= 0.3 is 0 Å². The molecule has 0 radical (unpaired) electrons. The highest BCUT2D eigenvalue weighted by atomic mass is 16.5. The van der Waals surface area contributed by atoms with Gasteiger partial charge in [-0.15, -0.1) is 0 Å². The molecule has 0 aliphatic carbocycles. The lowest BCUT2D eigenvalue weighted by molar-refractivity contribution is 0.330. The Hall–Kier alpha value is -1.85. The molecule has 2 heterocycles. The Balaban J connectivity index is 2.48. The van der Waals surface area contributed by atoms with E-state index in [0.717, 1.165) is 12.1 Å². The second kappa shape index (κ2) is 4.12. The first-order chi connectivity index (χ1) is 7.35. The van der Waals surface area contributed by atoms with Crippen LogP contribution >= 0.6 is 0 Å². The average molecular weight is 207 g/mol. The Morgan fingerprint density at radius 2 is 2.27 bits per heavy atom. The first kappa shape index (κ1) is 9.70. The SMILES string of the molecule is CCNc1nc(OCC)c2[nH]cnc2n1. The summed E-state index contributed by atoms with van der Waals surface area (Å²) in [5.74, 6) is 1.08. The summed E-state index contributed by atoms with van der Waals surface area (Å²) in [7, 11) is 0. The van der Waals surface area contributed by atoms with Crippen LogP contribution in [0.1, 0.15) is 13.8 Å². The van der Waals surface area contributed by atoms with Crippen LogP contribution in [-0.4, -0.2) is 33.1 Å². The molecule has 0 amide bonds. The lowest BCUT2D eigenvalue weighted by Gasteiger charge is -2.05. The zero-order valence-corrected chi connectivity index (χ0v) is 8.74. The van der Waals surface area contributed by atoms with Crippen LogP contribution in [-0.2, 0) is 0 Å². The smallest absolute Gasteiger partial charge is 0.245 e. The lowest BCUT2D eigenvalue weighted by atomic mass is 10.5. The lowest BCUT2D eigenvalue weighted by Crippen LogP contribution is -2.04. The van der Waals surface area contributed by atoms with Gasteiger partial charge in [-0.3, -0.25) is 0 Å². The minimum absolute atomic E-state index is 0.538. The molecular weight excluding hydrogens is 194 g/mol. The number of nitrogens with one attached hydrogen (secondary N) is 2. The van der Waals surface area contributed by atoms with E-state index in [9.17, 15) is 0 Å². The van der Waals surface area contributed by atoms with Gasteiger partial charge in [0.1, 0.15) is 5.52 Å². The van der Waals surface area contributed by atoms with E-state index in [1.54, 1.807) is 6.33 Å². The molecule has 0 aliphatic heterocycles. The minimum atomic E-state index is 0.538. The molecule has 0 unspecified atom stereocenters. The first-order valence-corrected chi connectivity index (χ1v) is 4.93. The fourth-order valence-corrected chi connectivity index (χ4v) is 1.28. The van der Waals surface area contributed by atoms with E-state index in [4.69, 9.17) is 4.74 Å². The van der Waals surface area contributed by atoms with E-state index in [2.05, 4.69) is 25.3 Å². The molecule has 15 heavy (non-hydrogen) atoms.